The van der Waals surface area contributed by atoms with E-state index in [0.29, 0.717) is 39.0 Å². The van der Waals surface area contributed by atoms with Gasteiger partial charge in [-0.15, -0.1) is 0 Å². The minimum atomic E-state index is -4.48. The molecule has 0 spiro atoms. The van der Waals surface area contributed by atoms with Gasteiger partial charge in [-0.3, -0.25) is 9.59 Å². The Morgan fingerprint density at radius 3 is 2.74 bits per heavy atom. The van der Waals surface area contributed by atoms with Crippen LogP contribution < -0.4 is 0 Å². The number of likely N-dealkylation sites (tertiary alicyclic amines) is 1. The van der Waals surface area contributed by atoms with E-state index < -0.39 is 24.7 Å². The van der Waals surface area contributed by atoms with Gasteiger partial charge in [-0.1, -0.05) is 12.1 Å². The summed E-state index contributed by atoms with van der Waals surface area (Å²) in [5.74, 6) is -0.595. The first kappa shape index (κ1) is 19.7. The topological polar surface area (TPSA) is 49.9 Å². The number of ether oxygens (including phenoxy) is 1. The zero-order valence-corrected chi connectivity index (χ0v) is 15.0. The maximum atomic E-state index is 13.1. The van der Waals surface area contributed by atoms with Crippen molar-refractivity contribution in [2.45, 2.75) is 44.4 Å². The third kappa shape index (κ3) is 5.22. The lowest BCUT2D eigenvalue weighted by Gasteiger charge is -2.34. The molecule has 8 heteroatoms. The van der Waals surface area contributed by atoms with E-state index in [0.717, 1.165) is 16.9 Å². The van der Waals surface area contributed by atoms with E-state index in [-0.39, 0.29) is 18.1 Å². The van der Waals surface area contributed by atoms with Gasteiger partial charge in [0.25, 0.3) is 5.91 Å². The summed E-state index contributed by atoms with van der Waals surface area (Å²) in [7, 11) is 0. The van der Waals surface area contributed by atoms with Crippen molar-refractivity contribution < 1.29 is 27.5 Å². The SMILES string of the molecule is O=C1CCCN1Cc1cccc(C(=O)N(CC(F)(F)F)[C@H]2CCCOC2)c1. The Bertz CT molecular complexity index is 687. The normalized spacial score (nSPS) is 20.8. The van der Waals surface area contributed by atoms with E-state index >= 15 is 0 Å². The first-order valence-corrected chi connectivity index (χ1v) is 9.16. The number of hydrogen-bond acceptors (Lipinski definition) is 3. The Kier molecular flexibility index (Phi) is 6.04. The van der Waals surface area contributed by atoms with E-state index in [4.69, 9.17) is 4.74 Å². The summed E-state index contributed by atoms with van der Waals surface area (Å²) in [5, 5.41) is 0. The summed E-state index contributed by atoms with van der Waals surface area (Å²) in [6.45, 7) is 0.352. The van der Waals surface area contributed by atoms with Crippen LogP contribution in [0.2, 0.25) is 0 Å². The van der Waals surface area contributed by atoms with Crippen molar-refractivity contribution in [2.24, 2.45) is 0 Å². The highest BCUT2D eigenvalue weighted by Crippen LogP contribution is 2.24. The van der Waals surface area contributed by atoms with Crippen LogP contribution in [0.5, 0.6) is 0 Å². The molecular formula is C19H23F3N2O3. The number of nitrogens with zero attached hydrogens (tertiary/aromatic N) is 2. The first-order chi connectivity index (χ1) is 12.8. The second kappa shape index (κ2) is 8.29. The van der Waals surface area contributed by atoms with Crippen molar-refractivity contribution in [3.63, 3.8) is 0 Å². The van der Waals surface area contributed by atoms with E-state index in [1.807, 2.05) is 0 Å². The molecule has 2 heterocycles. The van der Waals surface area contributed by atoms with Gasteiger partial charge in [0.2, 0.25) is 5.91 Å². The standard InChI is InChI=1S/C19H23F3N2O3/c20-19(21,22)13-24(16-6-3-9-27-12-16)18(26)15-5-1-4-14(10-15)11-23-8-2-7-17(23)25/h1,4-5,10,16H,2-3,6-9,11-13H2/t16-/m0/s1. The van der Waals surface area contributed by atoms with Gasteiger partial charge in [-0.05, 0) is 37.0 Å². The number of rotatable bonds is 5. The number of carbonyl (C=O) groups excluding carboxylic acids is 2. The largest absolute Gasteiger partial charge is 0.406 e. The minimum Gasteiger partial charge on any atom is -0.379 e. The summed E-state index contributed by atoms with van der Waals surface area (Å²) in [5.41, 5.74) is 0.942. The average molecular weight is 384 g/mol. The lowest BCUT2D eigenvalue weighted by Crippen LogP contribution is -2.49. The molecule has 0 unspecified atom stereocenters. The van der Waals surface area contributed by atoms with Crippen LogP contribution in [0.15, 0.2) is 24.3 Å². The maximum absolute atomic E-state index is 13.1. The van der Waals surface area contributed by atoms with Crippen LogP contribution in [-0.2, 0) is 16.1 Å². The molecule has 2 saturated heterocycles. The van der Waals surface area contributed by atoms with Crippen molar-refractivity contribution in [1.82, 2.24) is 9.80 Å². The summed E-state index contributed by atoms with van der Waals surface area (Å²) < 4.78 is 44.4. The van der Waals surface area contributed by atoms with Crippen molar-refractivity contribution in [3.05, 3.63) is 35.4 Å². The molecule has 0 saturated carbocycles. The number of carbonyl (C=O) groups is 2. The molecule has 0 bridgehead atoms. The molecule has 148 valence electrons. The van der Waals surface area contributed by atoms with Crippen LogP contribution in [0, 0.1) is 0 Å². The van der Waals surface area contributed by atoms with Crippen molar-refractivity contribution >= 4 is 11.8 Å². The van der Waals surface area contributed by atoms with Crippen LogP contribution in [0.1, 0.15) is 41.6 Å². The lowest BCUT2D eigenvalue weighted by atomic mass is 10.0. The highest BCUT2D eigenvalue weighted by atomic mass is 19.4. The third-order valence-corrected chi connectivity index (χ3v) is 4.91. The van der Waals surface area contributed by atoms with E-state index in [1.54, 1.807) is 23.1 Å². The van der Waals surface area contributed by atoms with E-state index in [1.165, 1.54) is 6.07 Å². The Hall–Kier alpha value is -2.09. The molecule has 0 radical (unpaired) electrons. The van der Waals surface area contributed by atoms with Crippen molar-refractivity contribution in [3.8, 4) is 0 Å². The number of halogens is 3. The zero-order chi connectivity index (χ0) is 19.4. The summed E-state index contributed by atoms with van der Waals surface area (Å²) in [6.07, 6.45) is -2.04. The third-order valence-electron chi connectivity index (χ3n) is 4.91. The first-order valence-electron chi connectivity index (χ1n) is 9.16. The fourth-order valence-corrected chi connectivity index (χ4v) is 3.59. The second-order valence-corrected chi connectivity index (χ2v) is 7.04. The van der Waals surface area contributed by atoms with Gasteiger partial charge in [0, 0.05) is 31.7 Å². The van der Waals surface area contributed by atoms with Gasteiger partial charge < -0.3 is 14.5 Å². The highest BCUT2D eigenvalue weighted by Gasteiger charge is 2.37. The summed E-state index contributed by atoms with van der Waals surface area (Å²) >= 11 is 0. The fourth-order valence-electron chi connectivity index (χ4n) is 3.59. The molecule has 3 rings (SSSR count). The number of amides is 2. The van der Waals surface area contributed by atoms with Gasteiger partial charge in [-0.2, -0.15) is 13.2 Å². The van der Waals surface area contributed by atoms with E-state index in [2.05, 4.69) is 0 Å². The van der Waals surface area contributed by atoms with Gasteiger partial charge in [0.05, 0.1) is 12.6 Å². The Balaban J connectivity index is 1.78. The highest BCUT2D eigenvalue weighted by molar-refractivity contribution is 5.94. The van der Waals surface area contributed by atoms with Gasteiger partial charge in [0.1, 0.15) is 6.54 Å². The zero-order valence-electron chi connectivity index (χ0n) is 15.0. The minimum absolute atomic E-state index is 0.0600. The average Bonchev–Trinajstić information content (AvgIpc) is 3.04. The van der Waals surface area contributed by atoms with Crippen LogP contribution in [0.4, 0.5) is 13.2 Å². The molecule has 2 fully saturated rings. The Morgan fingerprint density at radius 2 is 2.11 bits per heavy atom. The molecule has 0 N–H and O–H groups in total. The Morgan fingerprint density at radius 1 is 1.30 bits per heavy atom. The summed E-state index contributed by atoms with van der Waals surface area (Å²) in [4.78, 5) is 27.2. The van der Waals surface area contributed by atoms with Crippen LogP contribution in [0.25, 0.3) is 0 Å². The van der Waals surface area contributed by atoms with Gasteiger partial charge in [-0.25, -0.2) is 0 Å². The monoisotopic (exact) mass is 384 g/mol. The molecule has 0 aromatic heterocycles. The number of hydrogen-bond donors (Lipinski definition) is 0. The Labute approximate surface area is 156 Å². The van der Waals surface area contributed by atoms with Crippen LogP contribution >= 0.6 is 0 Å². The molecule has 1 atom stereocenters. The molecule has 2 amide bonds. The lowest BCUT2D eigenvalue weighted by molar-refractivity contribution is -0.148. The number of benzene rings is 1. The number of alkyl halides is 3. The quantitative estimate of drug-likeness (QED) is 0.784. The smallest absolute Gasteiger partial charge is 0.379 e. The predicted molar refractivity (Wildman–Crippen MR) is 92.0 cm³/mol. The van der Waals surface area contributed by atoms with Crippen molar-refractivity contribution in [1.29, 1.82) is 0 Å². The fraction of sp³-hybridized carbons (Fsp3) is 0.579. The van der Waals surface area contributed by atoms with Crippen molar-refractivity contribution in [2.75, 3.05) is 26.3 Å². The van der Waals surface area contributed by atoms with Crippen LogP contribution in [-0.4, -0.2) is 60.1 Å². The maximum Gasteiger partial charge on any atom is 0.406 e. The molecule has 2 aliphatic heterocycles. The molecule has 1 aromatic rings. The van der Waals surface area contributed by atoms with E-state index in [9.17, 15) is 22.8 Å². The molecular weight excluding hydrogens is 361 g/mol. The molecule has 2 aliphatic rings. The van der Waals surface area contributed by atoms with Gasteiger partial charge in [0.15, 0.2) is 0 Å². The summed E-state index contributed by atoms with van der Waals surface area (Å²) in [6, 6.07) is 5.94. The molecule has 27 heavy (non-hydrogen) atoms. The molecule has 1 aromatic carbocycles. The second-order valence-electron chi connectivity index (χ2n) is 7.04. The predicted octanol–water partition coefficient (Wildman–Crippen LogP) is 2.99. The van der Waals surface area contributed by atoms with Crippen LogP contribution in [0.3, 0.4) is 0 Å². The van der Waals surface area contributed by atoms with Gasteiger partial charge >= 0.3 is 6.18 Å². The molecule has 5 nitrogen and oxygen atoms in total. The molecule has 0 aliphatic carbocycles.